The van der Waals surface area contributed by atoms with Crippen LogP contribution in [0.25, 0.3) is 0 Å². The first kappa shape index (κ1) is 15.5. The quantitative estimate of drug-likeness (QED) is 0.796. The molecule has 118 valence electrons. The van der Waals surface area contributed by atoms with Crippen LogP contribution in [0.3, 0.4) is 0 Å². The summed E-state index contributed by atoms with van der Waals surface area (Å²) in [7, 11) is -2.84. The summed E-state index contributed by atoms with van der Waals surface area (Å²) in [5.74, 6) is 1.28. The molecule has 1 atom stereocenters. The fourth-order valence-corrected chi connectivity index (χ4v) is 5.13. The van der Waals surface area contributed by atoms with Crippen molar-refractivity contribution >= 4 is 27.3 Å². The van der Waals surface area contributed by atoms with Gasteiger partial charge in [0.25, 0.3) is 0 Å². The van der Waals surface area contributed by atoms with E-state index in [9.17, 15) is 8.42 Å². The Bertz CT molecular complexity index is 708. The Morgan fingerprint density at radius 1 is 1.32 bits per heavy atom. The highest BCUT2D eigenvalue weighted by Gasteiger charge is 2.34. The van der Waals surface area contributed by atoms with Gasteiger partial charge in [-0.3, -0.25) is 4.90 Å². The van der Waals surface area contributed by atoms with E-state index < -0.39 is 9.84 Å². The van der Waals surface area contributed by atoms with Gasteiger partial charge in [-0.2, -0.15) is 5.26 Å². The zero-order valence-corrected chi connectivity index (χ0v) is 13.6. The van der Waals surface area contributed by atoms with Crippen LogP contribution < -0.4 is 4.90 Å². The monoisotopic (exact) mass is 340 g/mol. The lowest BCUT2D eigenvalue weighted by Gasteiger charge is -2.38. The molecule has 22 heavy (non-hydrogen) atoms. The minimum atomic E-state index is -2.84. The molecule has 0 bridgehead atoms. The van der Waals surface area contributed by atoms with Gasteiger partial charge in [0.05, 0.1) is 22.1 Å². The third-order valence-corrected chi connectivity index (χ3v) is 6.32. The van der Waals surface area contributed by atoms with Crippen LogP contribution in [0.15, 0.2) is 12.3 Å². The van der Waals surface area contributed by atoms with Gasteiger partial charge in [-0.15, -0.1) is 0 Å². The second-order valence-corrected chi connectivity index (χ2v) is 8.36. The number of nitrogens with zero attached hydrogens (tertiary/aromatic N) is 4. The average molecular weight is 341 g/mol. The smallest absolute Gasteiger partial charge is 0.151 e. The molecule has 1 aromatic rings. The molecule has 0 spiro atoms. The summed E-state index contributed by atoms with van der Waals surface area (Å²) >= 11 is 6.19. The molecule has 2 aliphatic heterocycles. The van der Waals surface area contributed by atoms with E-state index in [1.807, 2.05) is 6.07 Å². The molecule has 0 N–H and O–H groups in total. The Labute approximate surface area is 135 Å². The van der Waals surface area contributed by atoms with Gasteiger partial charge in [0.2, 0.25) is 0 Å². The fraction of sp³-hybridized carbons (Fsp3) is 0.571. The van der Waals surface area contributed by atoms with Crippen molar-refractivity contribution in [3.63, 3.8) is 0 Å². The van der Waals surface area contributed by atoms with Gasteiger partial charge >= 0.3 is 0 Å². The Balaban J connectivity index is 1.64. The zero-order chi connectivity index (χ0) is 15.7. The highest BCUT2D eigenvalue weighted by molar-refractivity contribution is 7.91. The molecule has 8 heteroatoms. The molecule has 1 aromatic heterocycles. The lowest BCUT2D eigenvalue weighted by molar-refractivity contribution is 0.200. The van der Waals surface area contributed by atoms with Crippen molar-refractivity contribution < 1.29 is 8.42 Å². The summed E-state index contributed by atoms with van der Waals surface area (Å²) in [6.45, 7) is 3.13. The molecule has 2 aliphatic rings. The molecule has 3 heterocycles. The van der Waals surface area contributed by atoms with Crippen molar-refractivity contribution in [3.8, 4) is 6.07 Å². The Hall–Kier alpha value is -1.36. The van der Waals surface area contributed by atoms with E-state index in [0.29, 0.717) is 22.2 Å². The predicted molar refractivity (Wildman–Crippen MR) is 84.8 cm³/mol. The molecular weight excluding hydrogens is 324 g/mol. The van der Waals surface area contributed by atoms with Crippen molar-refractivity contribution in [2.75, 3.05) is 42.6 Å². The maximum Gasteiger partial charge on any atom is 0.151 e. The number of anilines is 1. The number of halogens is 1. The summed E-state index contributed by atoms with van der Waals surface area (Å²) in [6.07, 6.45) is 2.26. The van der Waals surface area contributed by atoms with E-state index in [0.717, 1.165) is 32.6 Å². The minimum Gasteiger partial charge on any atom is -0.353 e. The number of aromatic nitrogens is 1. The molecule has 0 unspecified atom stereocenters. The SMILES string of the molecule is N#Cc1cnc(N2CCN([C@H]3CCS(=O)(=O)C3)CC2)c(Cl)c1. The Morgan fingerprint density at radius 2 is 2.05 bits per heavy atom. The van der Waals surface area contributed by atoms with Crippen LogP contribution in [-0.4, -0.2) is 62.0 Å². The Morgan fingerprint density at radius 3 is 2.59 bits per heavy atom. The summed E-state index contributed by atoms with van der Waals surface area (Å²) < 4.78 is 23.2. The van der Waals surface area contributed by atoms with Crippen molar-refractivity contribution in [3.05, 3.63) is 22.8 Å². The highest BCUT2D eigenvalue weighted by Crippen LogP contribution is 2.26. The summed E-state index contributed by atoms with van der Waals surface area (Å²) in [5, 5.41) is 9.33. The largest absolute Gasteiger partial charge is 0.353 e. The third kappa shape index (κ3) is 3.19. The molecular formula is C14H17ClN4O2S. The second kappa shape index (κ2) is 6.03. The molecule has 6 nitrogen and oxygen atoms in total. The van der Waals surface area contributed by atoms with E-state index in [1.165, 1.54) is 6.20 Å². The normalized spacial score (nSPS) is 25.1. The zero-order valence-electron chi connectivity index (χ0n) is 12.1. The maximum absolute atomic E-state index is 11.6. The van der Waals surface area contributed by atoms with Crippen LogP contribution in [0.2, 0.25) is 5.02 Å². The fourth-order valence-electron chi connectivity index (χ4n) is 3.09. The Kier molecular flexibility index (Phi) is 4.26. The van der Waals surface area contributed by atoms with Gasteiger partial charge in [-0.1, -0.05) is 11.6 Å². The number of nitriles is 1. The number of rotatable bonds is 2. The molecule has 0 aromatic carbocycles. The van der Waals surface area contributed by atoms with Crippen LogP contribution in [0.4, 0.5) is 5.82 Å². The standard InChI is InChI=1S/C14H17ClN4O2S/c15-13-7-11(8-16)9-17-14(13)19-4-2-18(3-5-19)12-1-6-22(20,21)10-12/h7,9,12H,1-6,10H2/t12-/m0/s1. The summed E-state index contributed by atoms with van der Waals surface area (Å²) in [4.78, 5) is 8.61. The van der Waals surface area contributed by atoms with Crippen LogP contribution in [0.1, 0.15) is 12.0 Å². The molecule has 3 rings (SSSR count). The third-order valence-electron chi connectivity index (χ3n) is 4.29. The van der Waals surface area contributed by atoms with Crippen molar-refractivity contribution in [2.45, 2.75) is 12.5 Å². The number of hydrogen-bond acceptors (Lipinski definition) is 6. The molecule has 2 fully saturated rings. The van der Waals surface area contributed by atoms with Gasteiger partial charge in [0.15, 0.2) is 9.84 Å². The van der Waals surface area contributed by atoms with Crippen molar-refractivity contribution in [2.24, 2.45) is 0 Å². The van der Waals surface area contributed by atoms with Gasteiger partial charge in [-0.05, 0) is 12.5 Å². The average Bonchev–Trinajstić information content (AvgIpc) is 2.87. The topological polar surface area (TPSA) is 77.3 Å². The van der Waals surface area contributed by atoms with Crippen LogP contribution in [0.5, 0.6) is 0 Å². The highest BCUT2D eigenvalue weighted by atomic mass is 35.5. The molecule has 0 radical (unpaired) electrons. The van der Waals surface area contributed by atoms with E-state index in [2.05, 4.69) is 14.8 Å². The van der Waals surface area contributed by atoms with Gasteiger partial charge in [-0.25, -0.2) is 13.4 Å². The van der Waals surface area contributed by atoms with E-state index in [-0.39, 0.29) is 11.8 Å². The summed E-state index contributed by atoms with van der Waals surface area (Å²) in [6, 6.07) is 3.79. The van der Waals surface area contributed by atoms with Crippen LogP contribution in [0, 0.1) is 11.3 Å². The predicted octanol–water partition coefficient (Wildman–Crippen LogP) is 0.916. The first-order valence-electron chi connectivity index (χ1n) is 7.23. The molecule has 0 aliphatic carbocycles. The number of piperazine rings is 1. The van der Waals surface area contributed by atoms with Gasteiger partial charge in [0, 0.05) is 38.4 Å². The first-order valence-corrected chi connectivity index (χ1v) is 9.43. The number of sulfone groups is 1. The van der Waals surface area contributed by atoms with Crippen LogP contribution >= 0.6 is 11.6 Å². The van der Waals surface area contributed by atoms with E-state index in [1.54, 1.807) is 6.07 Å². The minimum absolute atomic E-state index is 0.150. The van der Waals surface area contributed by atoms with Gasteiger partial charge in [0.1, 0.15) is 11.9 Å². The van der Waals surface area contributed by atoms with E-state index >= 15 is 0 Å². The second-order valence-electron chi connectivity index (χ2n) is 5.72. The lowest BCUT2D eigenvalue weighted by Crippen LogP contribution is -2.51. The maximum atomic E-state index is 11.6. The summed E-state index contributed by atoms with van der Waals surface area (Å²) in [5.41, 5.74) is 0.448. The van der Waals surface area contributed by atoms with Crippen LogP contribution in [-0.2, 0) is 9.84 Å². The number of pyridine rings is 1. The molecule has 2 saturated heterocycles. The molecule has 0 amide bonds. The number of hydrogen-bond donors (Lipinski definition) is 0. The first-order chi connectivity index (χ1) is 10.5. The molecule has 0 saturated carbocycles. The lowest BCUT2D eigenvalue weighted by atomic mass is 10.2. The van der Waals surface area contributed by atoms with E-state index in [4.69, 9.17) is 16.9 Å². The van der Waals surface area contributed by atoms with Crippen molar-refractivity contribution in [1.82, 2.24) is 9.88 Å². The van der Waals surface area contributed by atoms with Crippen molar-refractivity contribution in [1.29, 1.82) is 5.26 Å². The van der Waals surface area contributed by atoms with Gasteiger partial charge < -0.3 is 4.90 Å².